The van der Waals surface area contributed by atoms with Crippen LogP contribution in [0.25, 0.3) is 38.4 Å². The zero-order valence-corrected chi connectivity index (χ0v) is 17.6. The van der Waals surface area contributed by atoms with Crippen LogP contribution in [0, 0.1) is 6.92 Å². The van der Waals surface area contributed by atoms with Gasteiger partial charge in [0.25, 0.3) is 0 Å². The van der Waals surface area contributed by atoms with E-state index in [9.17, 15) is 4.79 Å². The molecule has 0 spiro atoms. The van der Waals surface area contributed by atoms with Gasteiger partial charge in [-0.2, -0.15) is 0 Å². The molecule has 5 aromatic rings. The van der Waals surface area contributed by atoms with Crippen LogP contribution in [0.2, 0.25) is 10.0 Å². The van der Waals surface area contributed by atoms with Gasteiger partial charge in [-0.05, 0) is 74.6 Å². The van der Waals surface area contributed by atoms with Gasteiger partial charge >= 0.3 is 5.97 Å². The molecule has 0 aliphatic rings. The molecule has 0 heterocycles. The maximum atomic E-state index is 12.5. The van der Waals surface area contributed by atoms with Gasteiger partial charge in [-0.15, -0.1) is 0 Å². The Kier molecular flexibility index (Phi) is 4.62. The lowest BCUT2D eigenvalue weighted by Gasteiger charge is -2.15. The van der Waals surface area contributed by atoms with Crippen molar-refractivity contribution in [2.45, 2.75) is 6.92 Å². The highest BCUT2D eigenvalue weighted by atomic mass is 35.5. The van der Waals surface area contributed by atoms with Crippen LogP contribution in [-0.2, 0) is 4.79 Å². The van der Waals surface area contributed by atoms with Gasteiger partial charge in [0.05, 0.1) is 0 Å². The number of carbonyl (C=O) groups excluding carboxylic acids is 1. The average molecular weight is 431 g/mol. The minimum absolute atomic E-state index is 0.461. The van der Waals surface area contributed by atoms with Gasteiger partial charge in [0.2, 0.25) is 0 Å². The predicted octanol–water partition coefficient (Wildman–Crippen LogP) is 7.82. The van der Waals surface area contributed by atoms with Crippen molar-refractivity contribution >= 4 is 67.6 Å². The summed E-state index contributed by atoms with van der Waals surface area (Å²) >= 11 is 12.1. The zero-order valence-electron chi connectivity index (χ0n) is 16.1. The normalized spacial score (nSPS) is 11.8. The highest BCUT2D eigenvalue weighted by Gasteiger charge is 2.14. The molecular formula is C26H16Cl2O2. The SMILES string of the molecule is Cc1c(OC(=O)C=Cc2ccc(Cl)cc2Cl)cc2ccc3cccc4ccc1c2c34. The van der Waals surface area contributed by atoms with Gasteiger partial charge in [-0.3, -0.25) is 0 Å². The van der Waals surface area contributed by atoms with Crippen molar-refractivity contribution < 1.29 is 9.53 Å². The molecule has 0 saturated heterocycles. The molecule has 0 unspecified atom stereocenters. The van der Waals surface area contributed by atoms with Crippen molar-refractivity contribution in [3.8, 4) is 5.75 Å². The Balaban J connectivity index is 1.53. The van der Waals surface area contributed by atoms with Crippen molar-refractivity contribution in [1.29, 1.82) is 0 Å². The molecule has 2 nitrogen and oxygen atoms in total. The van der Waals surface area contributed by atoms with E-state index in [0.29, 0.717) is 21.4 Å². The van der Waals surface area contributed by atoms with E-state index < -0.39 is 5.97 Å². The van der Waals surface area contributed by atoms with Gasteiger partial charge in [0.15, 0.2) is 0 Å². The maximum absolute atomic E-state index is 12.5. The van der Waals surface area contributed by atoms with Crippen LogP contribution >= 0.6 is 23.2 Å². The van der Waals surface area contributed by atoms with E-state index in [4.69, 9.17) is 27.9 Å². The summed E-state index contributed by atoms with van der Waals surface area (Å²) in [5.41, 5.74) is 1.64. The van der Waals surface area contributed by atoms with Crippen molar-refractivity contribution in [2.75, 3.05) is 0 Å². The number of esters is 1. The van der Waals surface area contributed by atoms with E-state index in [1.54, 1.807) is 24.3 Å². The standard InChI is InChI=1S/C26H16Cl2O2/c1-15-21-11-8-18-4-2-3-17-5-6-19(26(21)25(17)18)13-23(15)30-24(29)12-9-16-7-10-20(27)14-22(16)28/h2-14H,1H3. The number of aryl methyl sites for hydroxylation is 1. The minimum atomic E-state index is -0.461. The van der Waals surface area contributed by atoms with E-state index in [1.807, 2.05) is 13.0 Å². The predicted molar refractivity (Wildman–Crippen MR) is 126 cm³/mol. The fourth-order valence-corrected chi connectivity index (χ4v) is 4.44. The van der Waals surface area contributed by atoms with Gasteiger partial charge in [-0.1, -0.05) is 71.7 Å². The summed E-state index contributed by atoms with van der Waals surface area (Å²) in [6.07, 6.45) is 3.00. The Morgan fingerprint density at radius 3 is 2.37 bits per heavy atom. The van der Waals surface area contributed by atoms with Gasteiger partial charge < -0.3 is 4.74 Å². The zero-order chi connectivity index (χ0) is 20.8. The Hall–Kier alpha value is -3.07. The van der Waals surface area contributed by atoms with Crippen molar-refractivity contribution in [3.63, 3.8) is 0 Å². The largest absolute Gasteiger partial charge is 0.423 e. The number of ether oxygens (including phenoxy) is 1. The molecule has 0 radical (unpaired) electrons. The molecule has 0 fully saturated rings. The second-order valence-electron chi connectivity index (χ2n) is 7.28. The number of hydrogen-bond donors (Lipinski definition) is 0. The third-order valence-electron chi connectivity index (χ3n) is 5.44. The quantitative estimate of drug-likeness (QED) is 0.126. The number of halogens is 2. The molecule has 0 aromatic heterocycles. The minimum Gasteiger partial charge on any atom is -0.423 e. The molecule has 0 atom stereocenters. The number of carbonyl (C=O) groups is 1. The van der Waals surface area contributed by atoms with Crippen LogP contribution in [0.15, 0.2) is 72.8 Å². The molecule has 0 saturated carbocycles. The summed E-state index contributed by atoms with van der Waals surface area (Å²) in [6.45, 7) is 1.98. The average Bonchev–Trinajstić information content (AvgIpc) is 2.73. The van der Waals surface area contributed by atoms with Crippen LogP contribution in [-0.4, -0.2) is 5.97 Å². The molecule has 5 rings (SSSR count). The molecule has 146 valence electrons. The van der Waals surface area contributed by atoms with Crippen LogP contribution in [0.4, 0.5) is 0 Å². The second-order valence-corrected chi connectivity index (χ2v) is 8.12. The van der Waals surface area contributed by atoms with E-state index in [0.717, 1.165) is 16.3 Å². The molecule has 5 aromatic carbocycles. The topological polar surface area (TPSA) is 26.3 Å². The van der Waals surface area contributed by atoms with Crippen LogP contribution in [0.3, 0.4) is 0 Å². The third kappa shape index (κ3) is 3.19. The first-order valence-electron chi connectivity index (χ1n) is 9.53. The first-order chi connectivity index (χ1) is 14.5. The summed E-state index contributed by atoms with van der Waals surface area (Å²) in [6, 6.07) is 21.8. The molecule has 0 aliphatic heterocycles. The Morgan fingerprint density at radius 1 is 0.867 bits per heavy atom. The molecule has 0 bridgehead atoms. The Morgan fingerprint density at radius 2 is 1.60 bits per heavy atom. The summed E-state index contributed by atoms with van der Waals surface area (Å²) in [7, 11) is 0. The molecule has 0 amide bonds. The van der Waals surface area contributed by atoms with E-state index in [-0.39, 0.29) is 0 Å². The number of benzene rings is 5. The number of rotatable bonds is 3. The molecule has 4 heteroatoms. The first-order valence-corrected chi connectivity index (χ1v) is 10.3. The van der Waals surface area contributed by atoms with E-state index >= 15 is 0 Å². The lowest BCUT2D eigenvalue weighted by atomic mass is 9.92. The molecule has 0 aliphatic carbocycles. The van der Waals surface area contributed by atoms with Crippen molar-refractivity contribution in [2.24, 2.45) is 0 Å². The second kappa shape index (κ2) is 7.32. The van der Waals surface area contributed by atoms with Crippen molar-refractivity contribution in [1.82, 2.24) is 0 Å². The fraction of sp³-hybridized carbons (Fsp3) is 0.0385. The molecule has 0 N–H and O–H groups in total. The Labute approximate surface area is 183 Å². The molecule has 30 heavy (non-hydrogen) atoms. The highest BCUT2D eigenvalue weighted by molar-refractivity contribution is 6.35. The first kappa shape index (κ1) is 18.9. The van der Waals surface area contributed by atoms with Crippen LogP contribution in [0.5, 0.6) is 5.75 Å². The van der Waals surface area contributed by atoms with Gasteiger partial charge in [0.1, 0.15) is 5.75 Å². The van der Waals surface area contributed by atoms with Gasteiger partial charge in [-0.25, -0.2) is 4.79 Å². The third-order valence-corrected chi connectivity index (χ3v) is 6.00. The lowest BCUT2D eigenvalue weighted by molar-refractivity contribution is -0.128. The van der Waals surface area contributed by atoms with E-state index in [1.165, 1.54) is 27.6 Å². The maximum Gasteiger partial charge on any atom is 0.336 e. The van der Waals surface area contributed by atoms with Gasteiger partial charge in [0, 0.05) is 16.1 Å². The smallest absolute Gasteiger partial charge is 0.336 e. The van der Waals surface area contributed by atoms with Crippen LogP contribution < -0.4 is 4.74 Å². The summed E-state index contributed by atoms with van der Waals surface area (Å²) in [5, 5.41) is 8.01. The summed E-state index contributed by atoms with van der Waals surface area (Å²) < 4.78 is 5.69. The Bertz CT molecular complexity index is 1450. The molecular weight excluding hydrogens is 415 g/mol. The van der Waals surface area contributed by atoms with Crippen LogP contribution in [0.1, 0.15) is 11.1 Å². The summed E-state index contributed by atoms with van der Waals surface area (Å²) in [4.78, 5) is 12.5. The lowest BCUT2D eigenvalue weighted by Crippen LogP contribution is -2.05. The fourth-order valence-electron chi connectivity index (χ4n) is 3.97. The summed E-state index contributed by atoms with van der Waals surface area (Å²) in [5.74, 6) is 0.0923. The van der Waals surface area contributed by atoms with E-state index in [2.05, 4.69) is 42.5 Å². The highest BCUT2D eigenvalue weighted by Crippen LogP contribution is 2.39. The number of hydrogen-bond acceptors (Lipinski definition) is 2. The monoisotopic (exact) mass is 430 g/mol. The van der Waals surface area contributed by atoms with Crippen molar-refractivity contribution in [3.05, 3.63) is 94.0 Å².